The molecule has 1 heterocycles. The van der Waals surface area contributed by atoms with Crippen LogP contribution in [0.4, 0.5) is 14.5 Å². The predicted octanol–water partition coefficient (Wildman–Crippen LogP) is 3.32. The number of halogens is 2. The second-order valence-electron chi connectivity index (χ2n) is 5.87. The maximum atomic E-state index is 13.7. The van der Waals surface area contributed by atoms with Gasteiger partial charge in [0.1, 0.15) is 29.5 Å². The van der Waals surface area contributed by atoms with Crippen molar-refractivity contribution in [1.82, 2.24) is 4.73 Å². The molecule has 1 amide bonds. The summed E-state index contributed by atoms with van der Waals surface area (Å²) in [4.78, 5) is 30.2. The normalized spacial score (nSPS) is 10.5. The number of benzene rings is 2. The zero-order valence-corrected chi connectivity index (χ0v) is 14.4. The number of hydrogen-bond donors (Lipinski definition) is 1. The summed E-state index contributed by atoms with van der Waals surface area (Å²) in [7, 11) is 0. The fourth-order valence-electron chi connectivity index (χ4n) is 2.49. The zero-order valence-electron chi connectivity index (χ0n) is 14.4. The number of anilines is 1. The minimum atomic E-state index is -0.935. The van der Waals surface area contributed by atoms with Gasteiger partial charge in [-0.2, -0.15) is 4.73 Å². The van der Waals surface area contributed by atoms with Crippen LogP contribution in [0, 0.1) is 18.6 Å². The second kappa shape index (κ2) is 7.82. The van der Waals surface area contributed by atoms with Crippen molar-refractivity contribution in [2.24, 2.45) is 0 Å². The Bertz CT molecular complexity index is 1030. The van der Waals surface area contributed by atoms with Crippen LogP contribution in [0.3, 0.4) is 0 Å². The minimum absolute atomic E-state index is 0.120. The highest BCUT2D eigenvalue weighted by Gasteiger charge is 2.17. The number of amides is 1. The van der Waals surface area contributed by atoms with Crippen LogP contribution in [0.5, 0.6) is 0 Å². The first kappa shape index (κ1) is 18.3. The standard InChI is InChI=1S/C20H16F2N2O3/c1-13-5-2-6-14(11-13)12-27-24-10-4-7-15(20(24)26)19(25)23-18-16(21)8-3-9-17(18)22/h2-11H,12H2,1H3,(H,23,25). The molecule has 0 saturated heterocycles. The number of nitrogens with zero attached hydrogens (tertiary/aromatic N) is 1. The molecule has 27 heavy (non-hydrogen) atoms. The summed E-state index contributed by atoms with van der Waals surface area (Å²) in [6, 6.07) is 13.4. The number of aryl methyl sites for hydroxylation is 1. The Morgan fingerprint density at radius 3 is 2.48 bits per heavy atom. The summed E-state index contributed by atoms with van der Waals surface area (Å²) in [5.41, 5.74) is 0.246. The van der Waals surface area contributed by atoms with E-state index in [4.69, 9.17) is 4.84 Å². The van der Waals surface area contributed by atoms with Gasteiger partial charge in [-0.25, -0.2) is 8.78 Å². The van der Waals surface area contributed by atoms with Crippen molar-refractivity contribution in [1.29, 1.82) is 0 Å². The van der Waals surface area contributed by atoms with Crippen LogP contribution in [0.2, 0.25) is 0 Å². The molecule has 0 saturated carbocycles. The van der Waals surface area contributed by atoms with Gasteiger partial charge in [0.25, 0.3) is 11.5 Å². The van der Waals surface area contributed by atoms with E-state index in [9.17, 15) is 18.4 Å². The Hall–Kier alpha value is -3.48. The quantitative estimate of drug-likeness (QED) is 0.750. The minimum Gasteiger partial charge on any atom is -0.406 e. The molecule has 0 atom stereocenters. The molecular formula is C20H16F2N2O3. The van der Waals surface area contributed by atoms with E-state index in [1.54, 1.807) is 0 Å². The molecule has 0 unspecified atom stereocenters. The van der Waals surface area contributed by atoms with Crippen LogP contribution >= 0.6 is 0 Å². The van der Waals surface area contributed by atoms with Crippen LogP contribution in [-0.4, -0.2) is 10.6 Å². The topological polar surface area (TPSA) is 60.3 Å². The van der Waals surface area contributed by atoms with Gasteiger partial charge in [-0.1, -0.05) is 35.9 Å². The molecule has 0 aliphatic carbocycles. The average Bonchev–Trinajstić information content (AvgIpc) is 2.64. The third kappa shape index (κ3) is 4.20. The van der Waals surface area contributed by atoms with Crippen molar-refractivity contribution in [2.45, 2.75) is 13.5 Å². The number of carbonyl (C=O) groups excluding carboxylic acids is 1. The van der Waals surface area contributed by atoms with Gasteiger partial charge in [-0.15, -0.1) is 0 Å². The Balaban J connectivity index is 1.80. The highest BCUT2D eigenvalue weighted by atomic mass is 19.1. The summed E-state index contributed by atoms with van der Waals surface area (Å²) in [6.07, 6.45) is 1.36. The van der Waals surface area contributed by atoms with Crippen molar-refractivity contribution in [3.05, 3.63) is 99.5 Å². The third-order valence-corrected chi connectivity index (χ3v) is 3.81. The largest absolute Gasteiger partial charge is 0.406 e. The smallest absolute Gasteiger partial charge is 0.295 e. The number of rotatable bonds is 5. The fraction of sp³-hybridized carbons (Fsp3) is 0.100. The van der Waals surface area contributed by atoms with Crippen molar-refractivity contribution in [2.75, 3.05) is 5.32 Å². The lowest BCUT2D eigenvalue weighted by atomic mass is 10.1. The Kier molecular flexibility index (Phi) is 5.30. The molecule has 0 bridgehead atoms. The van der Waals surface area contributed by atoms with E-state index < -0.39 is 28.8 Å². The van der Waals surface area contributed by atoms with Crippen LogP contribution in [0.25, 0.3) is 0 Å². The fourth-order valence-corrected chi connectivity index (χ4v) is 2.49. The molecule has 0 aliphatic heterocycles. The number of carbonyl (C=O) groups is 1. The highest BCUT2D eigenvalue weighted by Crippen LogP contribution is 2.18. The molecule has 7 heteroatoms. The zero-order chi connectivity index (χ0) is 19.4. The molecule has 0 radical (unpaired) electrons. The van der Waals surface area contributed by atoms with Gasteiger partial charge in [0.2, 0.25) is 0 Å². The molecule has 0 fully saturated rings. The van der Waals surface area contributed by atoms with Crippen molar-refractivity contribution in [3.63, 3.8) is 0 Å². The van der Waals surface area contributed by atoms with Gasteiger partial charge in [-0.05, 0) is 36.8 Å². The van der Waals surface area contributed by atoms with Crippen LogP contribution in [0.1, 0.15) is 21.5 Å². The molecule has 2 aromatic carbocycles. The maximum absolute atomic E-state index is 13.7. The van der Waals surface area contributed by atoms with E-state index in [0.717, 1.165) is 28.0 Å². The van der Waals surface area contributed by atoms with E-state index in [-0.39, 0.29) is 12.2 Å². The molecule has 5 nitrogen and oxygen atoms in total. The van der Waals surface area contributed by atoms with Gasteiger partial charge >= 0.3 is 0 Å². The first-order valence-corrected chi connectivity index (χ1v) is 8.11. The Labute approximate surface area is 153 Å². The predicted molar refractivity (Wildman–Crippen MR) is 96.5 cm³/mol. The van der Waals surface area contributed by atoms with E-state index in [1.165, 1.54) is 24.4 Å². The van der Waals surface area contributed by atoms with Crippen molar-refractivity contribution < 1.29 is 18.4 Å². The van der Waals surface area contributed by atoms with Gasteiger partial charge < -0.3 is 10.2 Å². The number of pyridine rings is 1. The van der Waals surface area contributed by atoms with Crippen molar-refractivity contribution in [3.8, 4) is 0 Å². The first-order valence-electron chi connectivity index (χ1n) is 8.11. The van der Waals surface area contributed by atoms with E-state index in [2.05, 4.69) is 5.32 Å². The molecular weight excluding hydrogens is 354 g/mol. The molecule has 1 aromatic heterocycles. The molecule has 0 aliphatic rings. The molecule has 138 valence electrons. The van der Waals surface area contributed by atoms with E-state index >= 15 is 0 Å². The lowest BCUT2D eigenvalue weighted by Crippen LogP contribution is -2.32. The van der Waals surface area contributed by atoms with Gasteiger partial charge in [0, 0.05) is 6.20 Å². The summed E-state index contributed by atoms with van der Waals surface area (Å²) < 4.78 is 28.3. The Morgan fingerprint density at radius 2 is 1.78 bits per heavy atom. The summed E-state index contributed by atoms with van der Waals surface area (Å²) in [5.74, 6) is -2.80. The van der Waals surface area contributed by atoms with Crippen LogP contribution in [-0.2, 0) is 6.61 Å². The van der Waals surface area contributed by atoms with Crippen molar-refractivity contribution >= 4 is 11.6 Å². The maximum Gasteiger partial charge on any atom is 0.295 e. The van der Waals surface area contributed by atoms with Crippen LogP contribution in [0.15, 0.2) is 65.6 Å². The number of nitrogens with one attached hydrogen (secondary N) is 1. The molecule has 1 N–H and O–H groups in total. The molecule has 0 spiro atoms. The number of para-hydroxylation sites is 1. The number of aromatic nitrogens is 1. The Morgan fingerprint density at radius 1 is 1.07 bits per heavy atom. The lowest BCUT2D eigenvalue weighted by molar-refractivity contribution is 0.0863. The monoisotopic (exact) mass is 370 g/mol. The SMILES string of the molecule is Cc1cccc(COn2cccc(C(=O)Nc3c(F)cccc3F)c2=O)c1. The highest BCUT2D eigenvalue weighted by molar-refractivity contribution is 6.04. The van der Waals surface area contributed by atoms with Crippen LogP contribution < -0.4 is 15.7 Å². The molecule has 3 aromatic rings. The summed E-state index contributed by atoms with van der Waals surface area (Å²) in [6.45, 7) is 2.05. The van der Waals surface area contributed by atoms with Gasteiger partial charge in [0.15, 0.2) is 0 Å². The lowest BCUT2D eigenvalue weighted by Gasteiger charge is -2.11. The number of hydrogen-bond acceptors (Lipinski definition) is 3. The van der Waals surface area contributed by atoms with E-state index in [0.29, 0.717) is 0 Å². The third-order valence-electron chi connectivity index (χ3n) is 3.81. The first-order chi connectivity index (χ1) is 13.0. The summed E-state index contributed by atoms with van der Waals surface area (Å²) >= 11 is 0. The molecule has 3 rings (SSSR count). The second-order valence-corrected chi connectivity index (χ2v) is 5.87. The van der Waals surface area contributed by atoms with E-state index in [1.807, 2.05) is 31.2 Å². The summed E-state index contributed by atoms with van der Waals surface area (Å²) in [5, 5.41) is 2.09. The van der Waals surface area contributed by atoms with Gasteiger partial charge in [-0.3, -0.25) is 9.59 Å². The average molecular weight is 370 g/mol. The van der Waals surface area contributed by atoms with Gasteiger partial charge in [0.05, 0.1) is 0 Å².